The Morgan fingerprint density at radius 2 is 2.00 bits per heavy atom. The average Bonchev–Trinajstić information content (AvgIpc) is 3.21. The molecule has 6 heteroatoms. The highest BCUT2D eigenvalue weighted by Gasteiger charge is 2.28. The summed E-state index contributed by atoms with van der Waals surface area (Å²) in [6.45, 7) is 7.40. The predicted molar refractivity (Wildman–Crippen MR) is 93.0 cm³/mol. The van der Waals surface area contributed by atoms with E-state index in [1.165, 1.54) is 5.56 Å². The Labute approximate surface area is 141 Å². The summed E-state index contributed by atoms with van der Waals surface area (Å²) in [6, 6.07) is 8.53. The van der Waals surface area contributed by atoms with Crippen molar-refractivity contribution in [2.75, 3.05) is 11.4 Å². The lowest BCUT2D eigenvalue weighted by Gasteiger charge is -2.26. The van der Waals surface area contributed by atoms with E-state index in [1.54, 1.807) is 0 Å². The molecule has 0 spiro atoms. The Hall–Kier alpha value is -2.50. The van der Waals surface area contributed by atoms with Crippen LogP contribution in [0.2, 0.25) is 0 Å². The van der Waals surface area contributed by atoms with Gasteiger partial charge in [0, 0.05) is 24.4 Å². The van der Waals surface area contributed by atoms with E-state index in [-0.39, 0.29) is 5.41 Å². The summed E-state index contributed by atoms with van der Waals surface area (Å²) in [4.78, 5) is 6.64. The fourth-order valence-electron chi connectivity index (χ4n) is 3.36. The largest absolute Gasteiger partial charge is 0.348 e. The number of anilines is 1. The zero-order valence-electron chi connectivity index (χ0n) is 14.3. The molecule has 1 atom stereocenters. The van der Waals surface area contributed by atoms with Gasteiger partial charge < -0.3 is 4.90 Å². The van der Waals surface area contributed by atoms with Gasteiger partial charge in [-0.15, -0.1) is 15.3 Å². The molecule has 124 valence electrons. The maximum atomic E-state index is 4.86. The van der Waals surface area contributed by atoms with Gasteiger partial charge in [-0.25, -0.2) is 0 Å². The topological polar surface area (TPSA) is 59.2 Å². The number of fused-ring (bicyclic) bond motifs is 1. The van der Waals surface area contributed by atoms with Crippen molar-refractivity contribution >= 4 is 11.5 Å². The van der Waals surface area contributed by atoms with Crippen LogP contribution in [0.15, 0.2) is 36.7 Å². The molecule has 0 aliphatic carbocycles. The van der Waals surface area contributed by atoms with E-state index < -0.39 is 0 Å². The monoisotopic (exact) mass is 322 g/mol. The highest BCUT2D eigenvalue weighted by atomic mass is 15.4. The van der Waals surface area contributed by atoms with Gasteiger partial charge in [0.2, 0.25) is 0 Å². The lowest BCUT2D eigenvalue weighted by molar-refractivity contribution is 0.526. The predicted octanol–water partition coefficient (Wildman–Crippen LogP) is 3.16. The summed E-state index contributed by atoms with van der Waals surface area (Å²) in [5.41, 5.74) is 1.94. The van der Waals surface area contributed by atoms with E-state index in [0.29, 0.717) is 6.04 Å². The maximum Gasteiger partial charge on any atom is 0.178 e. The lowest BCUT2D eigenvalue weighted by atomic mass is 9.96. The molecule has 1 aliphatic rings. The average molecular weight is 322 g/mol. The third-order valence-corrected chi connectivity index (χ3v) is 4.54. The highest BCUT2D eigenvalue weighted by molar-refractivity contribution is 5.48. The molecule has 4 rings (SSSR count). The number of hydrogen-bond acceptors (Lipinski definition) is 5. The van der Waals surface area contributed by atoms with E-state index in [4.69, 9.17) is 5.10 Å². The van der Waals surface area contributed by atoms with Crippen LogP contribution in [0.4, 0.5) is 5.82 Å². The van der Waals surface area contributed by atoms with Crippen molar-refractivity contribution < 1.29 is 0 Å². The molecule has 0 N–H and O–H groups in total. The van der Waals surface area contributed by atoms with Crippen LogP contribution in [-0.4, -0.2) is 31.3 Å². The Morgan fingerprint density at radius 3 is 2.75 bits per heavy atom. The molecule has 1 saturated heterocycles. The molecule has 0 aromatic carbocycles. The first kappa shape index (κ1) is 15.1. The second-order valence-electron chi connectivity index (χ2n) is 7.37. The van der Waals surface area contributed by atoms with Gasteiger partial charge in [-0.1, -0.05) is 26.8 Å². The highest BCUT2D eigenvalue weighted by Crippen LogP contribution is 2.35. The number of rotatable bonds is 2. The molecule has 0 amide bonds. The molecule has 0 bridgehead atoms. The zero-order chi connectivity index (χ0) is 16.7. The summed E-state index contributed by atoms with van der Waals surface area (Å²) < 4.78 is 1.88. The van der Waals surface area contributed by atoms with Gasteiger partial charge in [-0.05, 0) is 36.6 Å². The number of nitrogens with zero attached hydrogens (tertiary/aromatic N) is 6. The van der Waals surface area contributed by atoms with E-state index in [0.717, 1.165) is 36.7 Å². The Bertz CT molecular complexity index is 849. The van der Waals surface area contributed by atoms with Crippen LogP contribution in [-0.2, 0) is 5.41 Å². The minimum absolute atomic E-state index is 0.0984. The van der Waals surface area contributed by atoms with Crippen molar-refractivity contribution in [3.63, 3.8) is 0 Å². The fraction of sp³-hybridized carbons (Fsp3) is 0.444. The van der Waals surface area contributed by atoms with Gasteiger partial charge in [-0.3, -0.25) is 4.98 Å². The Balaban J connectivity index is 1.76. The summed E-state index contributed by atoms with van der Waals surface area (Å²) >= 11 is 0. The molecule has 0 saturated carbocycles. The van der Waals surface area contributed by atoms with Crippen LogP contribution in [0.5, 0.6) is 0 Å². The van der Waals surface area contributed by atoms with Crippen molar-refractivity contribution in [2.24, 2.45) is 0 Å². The second kappa shape index (κ2) is 5.54. The van der Waals surface area contributed by atoms with E-state index in [2.05, 4.69) is 46.9 Å². The fourth-order valence-corrected chi connectivity index (χ4v) is 3.36. The van der Waals surface area contributed by atoms with Gasteiger partial charge in [0.05, 0.1) is 6.04 Å². The Morgan fingerprint density at radius 1 is 1.12 bits per heavy atom. The quantitative estimate of drug-likeness (QED) is 0.725. The standard InChI is InChI=1S/C18H22N6/c1-18(2,3)17-21-20-15-8-9-16(22-24(15)17)23-11-5-7-14(23)13-6-4-10-19-12-13/h4,6,8-10,12,14H,5,7,11H2,1-3H3. The molecule has 1 fully saturated rings. The third-order valence-electron chi connectivity index (χ3n) is 4.54. The van der Waals surface area contributed by atoms with Gasteiger partial charge >= 0.3 is 0 Å². The van der Waals surface area contributed by atoms with E-state index in [9.17, 15) is 0 Å². The van der Waals surface area contributed by atoms with E-state index >= 15 is 0 Å². The molecule has 1 aliphatic heterocycles. The van der Waals surface area contributed by atoms with E-state index in [1.807, 2.05) is 35.1 Å². The first-order chi connectivity index (χ1) is 11.5. The minimum atomic E-state index is -0.0984. The van der Waals surface area contributed by atoms with Gasteiger partial charge in [-0.2, -0.15) is 4.52 Å². The molecular weight excluding hydrogens is 300 g/mol. The molecule has 4 heterocycles. The first-order valence-corrected chi connectivity index (χ1v) is 8.43. The minimum Gasteiger partial charge on any atom is -0.348 e. The van der Waals surface area contributed by atoms with Crippen molar-refractivity contribution in [1.82, 2.24) is 24.8 Å². The molecule has 1 unspecified atom stereocenters. The lowest BCUT2D eigenvalue weighted by Crippen LogP contribution is -2.25. The van der Waals surface area contributed by atoms with Crippen LogP contribution in [0.25, 0.3) is 5.65 Å². The maximum absolute atomic E-state index is 4.86. The SMILES string of the molecule is CC(C)(C)c1nnc2ccc(N3CCCC3c3cccnc3)nn12. The van der Waals surface area contributed by atoms with Crippen LogP contribution in [0.1, 0.15) is 51.0 Å². The van der Waals surface area contributed by atoms with Crippen molar-refractivity contribution in [3.8, 4) is 0 Å². The Kier molecular flexibility index (Phi) is 3.48. The summed E-state index contributed by atoms with van der Waals surface area (Å²) in [5, 5.41) is 13.4. The third kappa shape index (κ3) is 2.52. The smallest absolute Gasteiger partial charge is 0.178 e. The van der Waals surface area contributed by atoms with Gasteiger partial charge in [0.15, 0.2) is 11.5 Å². The second-order valence-corrected chi connectivity index (χ2v) is 7.37. The normalized spacial score (nSPS) is 18.5. The number of hydrogen-bond donors (Lipinski definition) is 0. The van der Waals surface area contributed by atoms with Crippen LogP contribution in [0.3, 0.4) is 0 Å². The first-order valence-electron chi connectivity index (χ1n) is 8.43. The molecular formula is C18H22N6. The van der Waals surface area contributed by atoms with Crippen molar-refractivity contribution in [2.45, 2.75) is 45.1 Å². The van der Waals surface area contributed by atoms with Crippen molar-refractivity contribution in [3.05, 3.63) is 48.0 Å². The number of pyridine rings is 1. The van der Waals surface area contributed by atoms with Crippen LogP contribution >= 0.6 is 0 Å². The molecule has 3 aromatic heterocycles. The van der Waals surface area contributed by atoms with Gasteiger partial charge in [0.1, 0.15) is 5.82 Å². The summed E-state index contributed by atoms with van der Waals surface area (Å²) in [7, 11) is 0. The summed E-state index contributed by atoms with van der Waals surface area (Å²) in [6.07, 6.45) is 6.06. The number of aromatic nitrogens is 5. The summed E-state index contributed by atoms with van der Waals surface area (Å²) in [5.74, 6) is 1.86. The van der Waals surface area contributed by atoms with Crippen LogP contribution < -0.4 is 4.90 Å². The molecule has 0 radical (unpaired) electrons. The molecule has 24 heavy (non-hydrogen) atoms. The van der Waals surface area contributed by atoms with Crippen LogP contribution in [0, 0.1) is 0 Å². The molecule has 6 nitrogen and oxygen atoms in total. The van der Waals surface area contributed by atoms with Crippen molar-refractivity contribution in [1.29, 1.82) is 0 Å². The van der Waals surface area contributed by atoms with Gasteiger partial charge in [0.25, 0.3) is 0 Å². The zero-order valence-corrected chi connectivity index (χ0v) is 14.3. The molecule has 3 aromatic rings.